The first kappa shape index (κ1) is 17.9. The van der Waals surface area contributed by atoms with Crippen LogP contribution in [0.4, 0.5) is 10.8 Å². The van der Waals surface area contributed by atoms with Crippen molar-refractivity contribution in [3.8, 4) is 0 Å². The van der Waals surface area contributed by atoms with E-state index >= 15 is 0 Å². The van der Waals surface area contributed by atoms with E-state index in [1.54, 1.807) is 11.0 Å². The van der Waals surface area contributed by atoms with E-state index < -0.39 is 0 Å². The van der Waals surface area contributed by atoms with Gasteiger partial charge in [-0.1, -0.05) is 31.5 Å². The van der Waals surface area contributed by atoms with E-state index in [0.717, 1.165) is 18.5 Å². The summed E-state index contributed by atoms with van der Waals surface area (Å²) in [6.07, 6.45) is 5.13. The highest BCUT2D eigenvalue weighted by atomic mass is 32.1. The summed E-state index contributed by atoms with van der Waals surface area (Å²) in [5.41, 5.74) is 1.43. The Morgan fingerprint density at radius 3 is 2.71 bits per heavy atom. The van der Waals surface area contributed by atoms with E-state index in [0.29, 0.717) is 17.4 Å². The number of benzene rings is 1. The van der Waals surface area contributed by atoms with Crippen molar-refractivity contribution in [2.45, 2.75) is 26.7 Å². The van der Waals surface area contributed by atoms with E-state index in [9.17, 15) is 9.59 Å². The predicted octanol–water partition coefficient (Wildman–Crippen LogP) is 3.76. The molecule has 5 nitrogen and oxygen atoms in total. The number of nitrogens with one attached hydrogen (secondary N) is 1. The zero-order valence-corrected chi connectivity index (χ0v) is 14.7. The van der Waals surface area contributed by atoms with Gasteiger partial charge in [0, 0.05) is 24.9 Å². The molecule has 0 unspecified atom stereocenters. The fraction of sp³-hybridized carbons (Fsp3) is 0.278. The molecule has 126 valence electrons. The van der Waals surface area contributed by atoms with Crippen LogP contribution in [-0.2, 0) is 9.59 Å². The summed E-state index contributed by atoms with van der Waals surface area (Å²) in [6.45, 7) is 4.26. The first-order valence-electron chi connectivity index (χ1n) is 7.89. The number of thiazole rings is 1. The van der Waals surface area contributed by atoms with Gasteiger partial charge in [-0.25, -0.2) is 4.98 Å². The van der Waals surface area contributed by atoms with Crippen LogP contribution in [-0.4, -0.2) is 23.3 Å². The Hall–Kier alpha value is -2.47. The SMILES string of the molecule is CCCCNC(=O)C=Cc1csc(N(C(C)=O)c2ccccc2)n1. The van der Waals surface area contributed by atoms with Crippen LogP contribution in [0.5, 0.6) is 0 Å². The maximum atomic E-state index is 12.0. The fourth-order valence-corrected chi connectivity index (χ4v) is 2.92. The molecule has 0 aliphatic heterocycles. The second-order valence-electron chi connectivity index (χ2n) is 5.22. The molecule has 0 spiro atoms. The van der Waals surface area contributed by atoms with Crippen LogP contribution < -0.4 is 10.2 Å². The molecule has 1 aromatic carbocycles. The van der Waals surface area contributed by atoms with E-state index in [4.69, 9.17) is 0 Å². The first-order valence-corrected chi connectivity index (χ1v) is 8.77. The topological polar surface area (TPSA) is 62.3 Å². The summed E-state index contributed by atoms with van der Waals surface area (Å²) >= 11 is 1.36. The normalized spacial score (nSPS) is 10.8. The second-order valence-corrected chi connectivity index (χ2v) is 6.06. The number of nitrogens with zero attached hydrogens (tertiary/aromatic N) is 2. The number of hydrogen-bond donors (Lipinski definition) is 1. The molecule has 0 aliphatic carbocycles. The number of unbranched alkanes of at least 4 members (excludes halogenated alkanes) is 1. The third-order valence-electron chi connectivity index (χ3n) is 3.27. The molecule has 0 fully saturated rings. The van der Waals surface area contributed by atoms with E-state index in [2.05, 4.69) is 17.2 Å². The van der Waals surface area contributed by atoms with Crippen molar-refractivity contribution in [2.24, 2.45) is 0 Å². The first-order chi connectivity index (χ1) is 11.6. The summed E-state index contributed by atoms with van der Waals surface area (Å²) in [5, 5.41) is 5.22. The molecule has 6 heteroatoms. The zero-order chi connectivity index (χ0) is 17.4. The maximum Gasteiger partial charge on any atom is 0.244 e. The van der Waals surface area contributed by atoms with Gasteiger partial charge in [-0.05, 0) is 24.6 Å². The minimum absolute atomic E-state index is 0.108. The average molecular weight is 343 g/mol. The monoisotopic (exact) mass is 343 g/mol. The van der Waals surface area contributed by atoms with Gasteiger partial charge in [0.25, 0.3) is 0 Å². The molecule has 2 rings (SSSR count). The molecular weight excluding hydrogens is 322 g/mol. The van der Waals surface area contributed by atoms with Crippen molar-refractivity contribution in [1.29, 1.82) is 0 Å². The minimum Gasteiger partial charge on any atom is -0.353 e. The summed E-state index contributed by atoms with van der Waals surface area (Å²) in [5.74, 6) is -0.243. The van der Waals surface area contributed by atoms with Crippen LogP contribution in [0.25, 0.3) is 6.08 Å². The van der Waals surface area contributed by atoms with Gasteiger partial charge in [0.1, 0.15) is 0 Å². The van der Waals surface area contributed by atoms with Crippen LogP contribution in [0.15, 0.2) is 41.8 Å². The van der Waals surface area contributed by atoms with Crippen molar-refractivity contribution in [1.82, 2.24) is 10.3 Å². The van der Waals surface area contributed by atoms with Crippen molar-refractivity contribution in [2.75, 3.05) is 11.4 Å². The van der Waals surface area contributed by atoms with Gasteiger partial charge >= 0.3 is 0 Å². The van der Waals surface area contributed by atoms with Gasteiger partial charge in [0.15, 0.2) is 5.13 Å². The fourth-order valence-electron chi connectivity index (χ4n) is 2.07. The van der Waals surface area contributed by atoms with E-state index in [1.165, 1.54) is 24.3 Å². The van der Waals surface area contributed by atoms with E-state index in [-0.39, 0.29) is 11.8 Å². The standard InChI is InChI=1S/C18H21N3O2S/c1-3-4-12-19-17(23)11-10-15-13-24-18(20-15)21(14(2)22)16-8-6-5-7-9-16/h5-11,13H,3-4,12H2,1-2H3,(H,19,23). The van der Waals surface area contributed by atoms with Crippen molar-refractivity contribution in [3.05, 3.63) is 47.5 Å². The molecule has 0 saturated heterocycles. The number of rotatable bonds is 7. The molecule has 1 aromatic heterocycles. The van der Waals surface area contributed by atoms with Crippen LogP contribution in [0.1, 0.15) is 32.4 Å². The van der Waals surface area contributed by atoms with Crippen molar-refractivity contribution in [3.63, 3.8) is 0 Å². The Labute approximate surface area is 146 Å². The van der Waals surface area contributed by atoms with Crippen LogP contribution >= 0.6 is 11.3 Å². The molecule has 2 amide bonds. The number of anilines is 2. The van der Waals surface area contributed by atoms with Gasteiger partial charge in [0.05, 0.1) is 11.4 Å². The molecular formula is C18H21N3O2S. The van der Waals surface area contributed by atoms with Crippen LogP contribution in [0, 0.1) is 0 Å². The number of carbonyl (C=O) groups excluding carboxylic acids is 2. The predicted molar refractivity (Wildman–Crippen MR) is 98.3 cm³/mol. The third kappa shape index (κ3) is 5.03. The molecule has 0 aliphatic rings. The molecule has 0 atom stereocenters. The number of para-hydroxylation sites is 1. The van der Waals surface area contributed by atoms with Gasteiger partial charge in [-0.2, -0.15) is 0 Å². The van der Waals surface area contributed by atoms with Crippen molar-refractivity contribution >= 4 is 40.0 Å². The number of aromatic nitrogens is 1. The van der Waals surface area contributed by atoms with Gasteiger partial charge in [0.2, 0.25) is 11.8 Å². The lowest BCUT2D eigenvalue weighted by atomic mass is 10.3. The Morgan fingerprint density at radius 2 is 2.04 bits per heavy atom. The van der Waals surface area contributed by atoms with Crippen LogP contribution in [0.2, 0.25) is 0 Å². The Morgan fingerprint density at radius 1 is 1.29 bits per heavy atom. The quantitative estimate of drug-likeness (QED) is 0.615. The highest BCUT2D eigenvalue weighted by Crippen LogP contribution is 2.28. The van der Waals surface area contributed by atoms with E-state index in [1.807, 2.05) is 35.7 Å². The number of amides is 2. The lowest BCUT2D eigenvalue weighted by molar-refractivity contribution is -0.117. The largest absolute Gasteiger partial charge is 0.353 e. The lowest BCUT2D eigenvalue weighted by Gasteiger charge is -2.17. The van der Waals surface area contributed by atoms with Crippen molar-refractivity contribution < 1.29 is 9.59 Å². The summed E-state index contributed by atoms with van der Waals surface area (Å²) < 4.78 is 0. The average Bonchev–Trinajstić information content (AvgIpc) is 3.02. The Kier molecular flexibility index (Phi) is 6.69. The summed E-state index contributed by atoms with van der Waals surface area (Å²) in [7, 11) is 0. The smallest absolute Gasteiger partial charge is 0.244 e. The second kappa shape index (κ2) is 8.98. The highest BCUT2D eigenvalue weighted by molar-refractivity contribution is 7.14. The third-order valence-corrected chi connectivity index (χ3v) is 4.11. The number of hydrogen-bond acceptors (Lipinski definition) is 4. The number of carbonyl (C=O) groups is 2. The molecule has 1 heterocycles. The molecule has 24 heavy (non-hydrogen) atoms. The Balaban J connectivity index is 2.08. The summed E-state index contributed by atoms with van der Waals surface area (Å²) in [6, 6.07) is 9.37. The van der Waals surface area contributed by atoms with Gasteiger partial charge < -0.3 is 5.32 Å². The van der Waals surface area contributed by atoms with Gasteiger partial charge in [-0.15, -0.1) is 11.3 Å². The maximum absolute atomic E-state index is 12.0. The molecule has 1 N–H and O–H groups in total. The lowest BCUT2D eigenvalue weighted by Crippen LogP contribution is -2.22. The van der Waals surface area contributed by atoms with Gasteiger partial charge in [-0.3, -0.25) is 14.5 Å². The molecule has 0 bridgehead atoms. The molecule has 0 saturated carbocycles. The minimum atomic E-state index is -0.135. The zero-order valence-electron chi connectivity index (χ0n) is 13.9. The van der Waals surface area contributed by atoms with Crippen LogP contribution in [0.3, 0.4) is 0 Å². The molecule has 0 radical (unpaired) electrons. The molecule has 2 aromatic rings. The summed E-state index contributed by atoms with van der Waals surface area (Å²) in [4.78, 5) is 29.6. The Bertz CT molecular complexity index is 710. The highest BCUT2D eigenvalue weighted by Gasteiger charge is 2.17.